The molecule has 0 aliphatic heterocycles. The van der Waals surface area contributed by atoms with Crippen LogP contribution in [-0.4, -0.2) is 16.5 Å². The summed E-state index contributed by atoms with van der Waals surface area (Å²) in [7, 11) is 0. The number of hydrogen-bond donors (Lipinski definition) is 2. The van der Waals surface area contributed by atoms with Crippen molar-refractivity contribution in [2.45, 2.75) is 20.0 Å². The summed E-state index contributed by atoms with van der Waals surface area (Å²) in [6, 6.07) is 15.3. The first kappa shape index (κ1) is 15.7. The minimum atomic E-state index is -0.0844. The lowest BCUT2D eigenvalue weighted by molar-refractivity contribution is -0.926. The summed E-state index contributed by atoms with van der Waals surface area (Å²) in [5.41, 5.74) is 1.76. The number of quaternary nitrogens is 1. The van der Waals surface area contributed by atoms with Gasteiger partial charge in [-0.3, -0.25) is 4.79 Å². The van der Waals surface area contributed by atoms with Gasteiger partial charge in [-0.25, -0.2) is 4.98 Å². The van der Waals surface area contributed by atoms with Crippen LogP contribution in [0.5, 0.6) is 0 Å². The van der Waals surface area contributed by atoms with Gasteiger partial charge >= 0.3 is 0 Å². The number of benzene rings is 2. The molecule has 0 radical (unpaired) electrons. The SMILES string of the molecule is CC[NH+](Cc1nc2ccccc2c(=O)[nH]1)Cc1ccccc1Cl. The molecule has 0 spiro atoms. The standard InChI is InChI=1S/C18H18ClN3O/c1-2-22(11-13-7-3-5-9-15(13)19)12-17-20-16-10-6-4-8-14(16)18(23)21-17/h3-10H,2,11-12H2,1H3,(H,20,21,23)/p+1. The van der Waals surface area contributed by atoms with Crippen molar-refractivity contribution in [1.29, 1.82) is 0 Å². The molecule has 0 aliphatic rings. The van der Waals surface area contributed by atoms with E-state index in [2.05, 4.69) is 16.9 Å². The lowest BCUT2D eigenvalue weighted by atomic mass is 10.2. The summed E-state index contributed by atoms with van der Waals surface area (Å²) < 4.78 is 0. The van der Waals surface area contributed by atoms with Gasteiger partial charge in [-0.1, -0.05) is 41.9 Å². The summed E-state index contributed by atoms with van der Waals surface area (Å²) in [4.78, 5) is 20.9. The lowest BCUT2D eigenvalue weighted by Gasteiger charge is -2.18. The molecule has 1 aromatic heterocycles. The van der Waals surface area contributed by atoms with Gasteiger partial charge in [-0.15, -0.1) is 0 Å². The summed E-state index contributed by atoms with van der Waals surface area (Å²) in [6.07, 6.45) is 0. The van der Waals surface area contributed by atoms with Gasteiger partial charge in [0, 0.05) is 10.6 Å². The first-order chi connectivity index (χ1) is 11.2. The van der Waals surface area contributed by atoms with E-state index in [4.69, 9.17) is 11.6 Å². The van der Waals surface area contributed by atoms with Gasteiger partial charge < -0.3 is 9.88 Å². The Morgan fingerprint density at radius 1 is 1.09 bits per heavy atom. The normalized spacial score (nSPS) is 12.4. The van der Waals surface area contributed by atoms with E-state index in [0.717, 1.165) is 29.2 Å². The van der Waals surface area contributed by atoms with Crippen molar-refractivity contribution in [2.24, 2.45) is 0 Å². The van der Waals surface area contributed by atoms with Gasteiger partial charge in [0.15, 0.2) is 5.82 Å². The van der Waals surface area contributed by atoms with Crippen LogP contribution in [0.25, 0.3) is 10.9 Å². The molecule has 2 aromatic carbocycles. The summed E-state index contributed by atoms with van der Waals surface area (Å²) >= 11 is 6.24. The Hall–Kier alpha value is -2.17. The van der Waals surface area contributed by atoms with Gasteiger partial charge in [0.2, 0.25) is 0 Å². The highest BCUT2D eigenvalue weighted by molar-refractivity contribution is 6.31. The topological polar surface area (TPSA) is 50.2 Å². The third-order valence-corrected chi connectivity index (χ3v) is 4.35. The molecule has 0 fully saturated rings. The first-order valence-electron chi connectivity index (χ1n) is 7.72. The van der Waals surface area contributed by atoms with Gasteiger partial charge in [-0.05, 0) is 25.1 Å². The minimum absolute atomic E-state index is 0.0844. The Labute approximate surface area is 139 Å². The predicted octanol–water partition coefficient (Wildman–Crippen LogP) is 2.18. The molecule has 5 heteroatoms. The number of aromatic amines is 1. The molecule has 0 saturated carbocycles. The van der Waals surface area contributed by atoms with Crippen molar-refractivity contribution >= 4 is 22.5 Å². The second-order valence-electron chi connectivity index (χ2n) is 5.58. The van der Waals surface area contributed by atoms with Crippen molar-refractivity contribution in [3.05, 3.63) is 75.3 Å². The molecule has 3 aromatic rings. The van der Waals surface area contributed by atoms with E-state index in [1.165, 1.54) is 4.90 Å². The average Bonchev–Trinajstić information content (AvgIpc) is 2.56. The summed E-state index contributed by atoms with van der Waals surface area (Å²) in [6.45, 7) is 4.49. The molecule has 0 aliphatic carbocycles. The number of halogens is 1. The molecule has 1 atom stereocenters. The van der Waals surface area contributed by atoms with Crippen LogP contribution >= 0.6 is 11.6 Å². The van der Waals surface area contributed by atoms with Crippen LogP contribution in [0.4, 0.5) is 0 Å². The number of H-pyrrole nitrogens is 1. The van der Waals surface area contributed by atoms with E-state index in [9.17, 15) is 4.79 Å². The Balaban J connectivity index is 1.84. The fraction of sp³-hybridized carbons (Fsp3) is 0.222. The second-order valence-corrected chi connectivity index (χ2v) is 5.99. The van der Waals surface area contributed by atoms with Crippen LogP contribution in [0.2, 0.25) is 5.02 Å². The summed E-state index contributed by atoms with van der Waals surface area (Å²) in [5.74, 6) is 0.706. The number of hydrogen-bond acceptors (Lipinski definition) is 2. The van der Waals surface area contributed by atoms with Crippen molar-refractivity contribution < 1.29 is 4.90 Å². The highest BCUT2D eigenvalue weighted by Gasteiger charge is 2.13. The van der Waals surface area contributed by atoms with Crippen molar-refractivity contribution in [1.82, 2.24) is 9.97 Å². The van der Waals surface area contributed by atoms with Crippen LogP contribution in [0.3, 0.4) is 0 Å². The quantitative estimate of drug-likeness (QED) is 0.754. The average molecular weight is 329 g/mol. The maximum absolute atomic E-state index is 12.2. The fourth-order valence-electron chi connectivity index (χ4n) is 2.68. The first-order valence-corrected chi connectivity index (χ1v) is 8.10. The Kier molecular flexibility index (Phi) is 4.74. The van der Waals surface area contributed by atoms with Crippen molar-refractivity contribution in [2.75, 3.05) is 6.54 Å². The van der Waals surface area contributed by atoms with Crippen molar-refractivity contribution in [3.8, 4) is 0 Å². The van der Waals surface area contributed by atoms with E-state index in [1.54, 1.807) is 6.07 Å². The van der Waals surface area contributed by atoms with Crippen LogP contribution < -0.4 is 10.5 Å². The van der Waals surface area contributed by atoms with E-state index >= 15 is 0 Å². The van der Waals surface area contributed by atoms with Crippen LogP contribution in [0, 0.1) is 0 Å². The highest BCUT2D eigenvalue weighted by atomic mass is 35.5. The van der Waals surface area contributed by atoms with Gasteiger partial charge in [-0.2, -0.15) is 0 Å². The Morgan fingerprint density at radius 3 is 2.61 bits per heavy atom. The molecule has 0 amide bonds. The molecular weight excluding hydrogens is 310 g/mol. The lowest BCUT2D eigenvalue weighted by Crippen LogP contribution is -3.09. The molecule has 0 saturated heterocycles. The van der Waals surface area contributed by atoms with Gasteiger partial charge in [0.05, 0.1) is 17.4 Å². The Morgan fingerprint density at radius 2 is 1.83 bits per heavy atom. The monoisotopic (exact) mass is 328 g/mol. The van der Waals surface area contributed by atoms with E-state index in [1.807, 2.05) is 42.5 Å². The van der Waals surface area contributed by atoms with Gasteiger partial charge in [0.25, 0.3) is 5.56 Å². The van der Waals surface area contributed by atoms with E-state index < -0.39 is 0 Å². The van der Waals surface area contributed by atoms with Gasteiger partial charge in [0.1, 0.15) is 13.1 Å². The maximum Gasteiger partial charge on any atom is 0.258 e. The smallest absolute Gasteiger partial charge is 0.258 e. The number of para-hydroxylation sites is 1. The second kappa shape index (κ2) is 6.94. The molecule has 118 valence electrons. The number of nitrogens with zero attached hydrogens (tertiary/aromatic N) is 1. The number of nitrogens with one attached hydrogen (secondary N) is 2. The maximum atomic E-state index is 12.2. The zero-order valence-electron chi connectivity index (χ0n) is 13.0. The summed E-state index contributed by atoms with van der Waals surface area (Å²) in [5, 5.41) is 1.40. The molecule has 2 N–H and O–H groups in total. The molecule has 4 nitrogen and oxygen atoms in total. The van der Waals surface area contributed by atoms with Crippen LogP contribution in [-0.2, 0) is 13.1 Å². The van der Waals surface area contributed by atoms with E-state index in [-0.39, 0.29) is 5.56 Å². The number of fused-ring (bicyclic) bond motifs is 1. The zero-order chi connectivity index (χ0) is 16.2. The largest absolute Gasteiger partial charge is 0.325 e. The van der Waals surface area contributed by atoms with Crippen molar-refractivity contribution in [3.63, 3.8) is 0 Å². The van der Waals surface area contributed by atoms with Crippen LogP contribution in [0.1, 0.15) is 18.3 Å². The zero-order valence-corrected chi connectivity index (χ0v) is 13.7. The third kappa shape index (κ3) is 3.60. The molecule has 1 heterocycles. The number of rotatable bonds is 5. The molecule has 3 rings (SSSR count). The molecule has 0 bridgehead atoms. The molecule has 23 heavy (non-hydrogen) atoms. The predicted molar refractivity (Wildman–Crippen MR) is 92.7 cm³/mol. The Bertz CT molecular complexity index is 875. The minimum Gasteiger partial charge on any atom is -0.325 e. The third-order valence-electron chi connectivity index (χ3n) is 3.98. The molecule has 1 unspecified atom stereocenters. The number of aromatic nitrogens is 2. The highest BCUT2D eigenvalue weighted by Crippen LogP contribution is 2.13. The fourth-order valence-corrected chi connectivity index (χ4v) is 2.88. The van der Waals surface area contributed by atoms with Crippen LogP contribution in [0.15, 0.2) is 53.3 Å². The van der Waals surface area contributed by atoms with E-state index in [0.29, 0.717) is 17.8 Å². The molecular formula is C18H19ClN3O+.